The van der Waals surface area contributed by atoms with Gasteiger partial charge in [0.2, 0.25) is 5.91 Å². The summed E-state index contributed by atoms with van der Waals surface area (Å²) in [6, 6.07) is 6.36. The van der Waals surface area contributed by atoms with Crippen molar-refractivity contribution in [2.24, 2.45) is 11.7 Å². The highest BCUT2D eigenvalue weighted by Crippen LogP contribution is 2.33. The Morgan fingerprint density at radius 3 is 2.91 bits per heavy atom. The first-order valence-electron chi connectivity index (χ1n) is 7.92. The van der Waals surface area contributed by atoms with Crippen LogP contribution in [0.25, 0.3) is 17.1 Å². The number of para-hydroxylation sites is 1. The topological polar surface area (TPSA) is 57.2 Å². The van der Waals surface area contributed by atoms with Gasteiger partial charge in [0.1, 0.15) is 0 Å². The first-order valence-corrected chi connectivity index (χ1v) is 7.92. The van der Waals surface area contributed by atoms with Gasteiger partial charge < -0.3 is 15.0 Å². The predicted octanol–water partition coefficient (Wildman–Crippen LogP) is 2.49. The molecule has 0 bridgehead atoms. The number of hydrogen-bond acceptors (Lipinski definition) is 2. The fourth-order valence-electron chi connectivity index (χ4n) is 3.70. The van der Waals surface area contributed by atoms with Gasteiger partial charge >= 0.3 is 0 Å². The summed E-state index contributed by atoms with van der Waals surface area (Å²) in [6.45, 7) is 1.75. The predicted molar refractivity (Wildman–Crippen MR) is 86.4 cm³/mol. The third-order valence-corrected chi connectivity index (χ3v) is 4.86. The lowest BCUT2D eigenvalue weighted by molar-refractivity contribution is -0.114. The Morgan fingerprint density at radius 1 is 1.32 bits per heavy atom. The highest BCUT2D eigenvalue weighted by Gasteiger charge is 2.21. The molecule has 114 valence electrons. The third kappa shape index (κ3) is 2.24. The number of benzene rings is 1. The fraction of sp³-hybridized carbons (Fsp3) is 0.389. The van der Waals surface area contributed by atoms with Crippen molar-refractivity contribution in [3.05, 3.63) is 41.1 Å². The molecule has 0 radical (unpaired) electrons. The van der Waals surface area contributed by atoms with Gasteiger partial charge in [0.05, 0.1) is 5.52 Å². The SMILES string of the molecule is NC(=O)C1=Cn2cc(CC3CCOCC3)c3cccc(c32)C1. The minimum atomic E-state index is -0.331. The van der Waals surface area contributed by atoms with E-state index in [1.54, 1.807) is 0 Å². The average Bonchev–Trinajstić information content (AvgIpc) is 2.88. The van der Waals surface area contributed by atoms with E-state index in [0.29, 0.717) is 17.9 Å². The Labute approximate surface area is 129 Å². The molecule has 2 aromatic rings. The number of rotatable bonds is 3. The van der Waals surface area contributed by atoms with Crippen LogP contribution in [0.4, 0.5) is 0 Å². The molecule has 1 amide bonds. The maximum Gasteiger partial charge on any atom is 0.246 e. The monoisotopic (exact) mass is 296 g/mol. The number of nitrogens with two attached hydrogens (primary N) is 1. The second kappa shape index (κ2) is 5.29. The maximum absolute atomic E-state index is 11.5. The number of ether oxygens (including phenoxy) is 1. The van der Waals surface area contributed by atoms with Crippen molar-refractivity contribution in [3.63, 3.8) is 0 Å². The summed E-state index contributed by atoms with van der Waals surface area (Å²) in [7, 11) is 0. The first kappa shape index (κ1) is 13.6. The summed E-state index contributed by atoms with van der Waals surface area (Å²) in [5.41, 5.74) is 9.93. The van der Waals surface area contributed by atoms with Crippen molar-refractivity contribution in [2.75, 3.05) is 13.2 Å². The van der Waals surface area contributed by atoms with Crippen LogP contribution in [0.1, 0.15) is 24.0 Å². The molecule has 2 aliphatic heterocycles. The number of carbonyl (C=O) groups excluding carboxylic acids is 1. The van der Waals surface area contributed by atoms with Crippen LogP contribution in [-0.2, 0) is 22.4 Å². The van der Waals surface area contributed by atoms with E-state index in [-0.39, 0.29) is 5.91 Å². The Hall–Kier alpha value is -2.07. The van der Waals surface area contributed by atoms with Crippen molar-refractivity contribution in [1.82, 2.24) is 4.57 Å². The van der Waals surface area contributed by atoms with Gasteiger partial charge in [-0.1, -0.05) is 18.2 Å². The molecule has 3 heterocycles. The molecular weight excluding hydrogens is 276 g/mol. The zero-order valence-electron chi connectivity index (χ0n) is 12.5. The van der Waals surface area contributed by atoms with Gasteiger partial charge in [-0.15, -0.1) is 0 Å². The molecule has 4 rings (SSSR count). The number of aromatic nitrogens is 1. The van der Waals surface area contributed by atoms with Crippen LogP contribution < -0.4 is 5.73 Å². The molecule has 22 heavy (non-hydrogen) atoms. The third-order valence-electron chi connectivity index (χ3n) is 4.86. The summed E-state index contributed by atoms with van der Waals surface area (Å²) in [5.74, 6) is 0.360. The van der Waals surface area contributed by atoms with E-state index in [9.17, 15) is 4.79 Å². The Kier molecular flexibility index (Phi) is 3.26. The Morgan fingerprint density at radius 2 is 2.14 bits per heavy atom. The lowest BCUT2D eigenvalue weighted by Gasteiger charge is -2.21. The number of primary amides is 1. The summed E-state index contributed by atoms with van der Waals surface area (Å²) >= 11 is 0. The highest BCUT2D eigenvalue weighted by atomic mass is 16.5. The molecule has 0 saturated carbocycles. The van der Waals surface area contributed by atoms with E-state index in [1.165, 1.54) is 22.0 Å². The quantitative estimate of drug-likeness (QED) is 0.946. The van der Waals surface area contributed by atoms with E-state index in [2.05, 4.69) is 29.0 Å². The van der Waals surface area contributed by atoms with Gasteiger partial charge in [0.25, 0.3) is 0 Å². The molecule has 1 aromatic carbocycles. The zero-order chi connectivity index (χ0) is 15.1. The van der Waals surface area contributed by atoms with E-state index in [0.717, 1.165) is 32.5 Å². The van der Waals surface area contributed by atoms with E-state index in [4.69, 9.17) is 10.5 Å². The van der Waals surface area contributed by atoms with Crippen LogP contribution in [0, 0.1) is 5.92 Å². The fourth-order valence-corrected chi connectivity index (χ4v) is 3.70. The van der Waals surface area contributed by atoms with E-state index >= 15 is 0 Å². The molecule has 4 heteroatoms. The average molecular weight is 296 g/mol. The molecule has 4 nitrogen and oxygen atoms in total. The molecule has 0 spiro atoms. The molecule has 0 aliphatic carbocycles. The maximum atomic E-state index is 11.5. The molecular formula is C18H20N2O2. The van der Waals surface area contributed by atoms with Crippen LogP contribution in [-0.4, -0.2) is 23.7 Å². The van der Waals surface area contributed by atoms with Crippen molar-refractivity contribution < 1.29 is 9.53 Å². The zero-order valence-corrected chi connectivity index (χ0v) is 12.5. The van der Waals surface area contributed by atoms with E-state index in [1.807, 2.05) is 6.20 Å². The Balaban J connectivity index is 1.76. The minimum absolute atomic E-state index is 0.331. The molecule has 2 aliphatic rings. The van der Waals surface area contributed by atoms with Crippen LogP contribution in [0.5, 0.6) is 0 Å². The van der Waals surface area contributed by atoms with Gasteiger partial charge in [-0.05, 0) is 36.3 Å². The van der Waals surface area contributed by atoms with Gasteiger partial charge in [0, 0.05) is 43.0 Å². The normalized spacial score (nSPS) is 18.5. The van der Waals surface area contributed by atoms with Gasteiger partial charge in [-0.2, -0.15) is 0 Å². The molecule has 0 unspecified atom stereocenters. The van der Waals surface area contributed by atoms with Gasteiger partial charge in [-0.25, -0.2) is 0 Å². The van der Waals surface area contributed by atoms with Crippen LogP contribution >= 0.6 is 0 Å². The number of amides is 1. The number of carbonyl (C=O) groups is 1. The molecule has 2 N–H and O–H groups in total. The van der Waals surface area contributed by atoms with Crippen LogP contribution in [0.2, 0.25) is 0 Å². The number of nitrogens with zero attached hydrogens (tertiary/aromatic N) is 1. The molecule has 1 aromatic heterocycles. The lowest BCUT2D eigenvalue weighted by Crippen LogP contribution is -2.18. The standard InChI is InChI=1S/C18H20N2O2/c19-18(21)15-9-13-2-1-3-16-14(10-20(11-15)17(13)16)8-12-4-6-22-7-5-12/h1-3,10-12H,4-9H2,(H2,19,21). The van der Waals surface area contributed by atoms with Crippen molar-refractivity contribution >= 4 is 23.0 Å². The minimum Gasteiger partial charge on any atom is -0.381 e. The highest BCUT2D eigenvalue weighted by molar-refractivity contribution is 6.00. The smallest absolute Gasteiger partial charge is 0.246 e. The van der Waals surface area contributed by atoms with E-state index < -0.39 is 0 Å². The summed E-state index contributed by atoms with van der Waals surface area (Å²) < 4.78 is 7.54. The largest absolute Gasteiger partial charge is 0.381 e. The van der Waals surface area contributed by atoms with Crippen molar-refractivity contribution in [1.29, 1.82) is 0 Å². The lowest BCUT2D eigenvalue weighted by atomic mass is 9.91. The summed E-state index contributed by atoms with van der Waals surface area (Å²) in [4.78, 5) is 11.5. The second-order valence-corrected chi connectivity index (χ2v) is 6.33. The molecule has 1 saturated heterocycles. The summed E-state index contributed by atoms with van der Waals surface area (Å²) in [6.07, 6.45) is 8.05. The van der Waals surface area contributed by atoms with Gasteiger partial charge in [0.15, 0.2) is 0 Å². The summed E-state index contributed by atoms with van der Waals surface area (Å²) in [5, 5.41) is 1.31. The van der Waals surface area contributed by atoms with Crippen molar-refractivity contribution in [3.8, 4) is 0 Å². The van der Waals surface area contributed by atoms with Crippen molar-refractivity contribution in [2.45, 2.75) is 25.7 Å². The van der Waals surface area contributed by atoms with Crippen LogP contribution in [0.3, 0.4) is 0 Å². The molecule has 0 atom stereocenters. The van der Waals surface area contributed by atoms with Crippen LogP contribution in [0.15, 0.2) is 30.0 Å². The second-order valence-electron chi connectivity index (χ2n) is 6.33. The first-order chi connectivity index (χ1) is 10.7. The van der Waals surface area contributed by atoms with Gasteiger partial charge in [-0.3, -0.25) is 4.79 Å². The Bertz CT molecular complexity index is 767. The molecule has 1 fully saturated rings. The number of hydrogen-bond donors (Lipinski definition) is 1.